The molecule has 1 aliphatic heterocycles. The second-order valence-corrected chi connectivity index (χ2v) is 6.29. The van der Waals surface area contributed by atoms with E-state index in [1.54, 1.807) is 6.07 Å². The van der Waals surface area contributed by atoms with E-state index < -0.39 is 5.97 Å². The Morgan fingerprint density at radius 2 is 2.40 bits per heavy atom. The Balaban J connectivity index is 2.21. The molecule has 1 aromatic carbocycles. The first-order chi connectivity index (χ1) is 9.72. The number of aromatic carboxylic acids is 1. The number of carboxylic acids is 1. The van der Waals surface area contributed by atoms with Crippen molar-refractivity contribution in [2.75, 3.05) is 11.5 Å². The highest BCUT2D eigenvalue weighted by Gasteiger charge is 2.24. The van der Waals surface area contributed by atoms with E-state index in [0.717, 1.165) is 36.4 Å². The molecule has 1 N–H and O–H groups in total. The molecule has 1 aliphatic rings. The lowest BCUT2D eigenvalue weighted by Crippen LogP contribution is -2.11. The van der Waals surface area contributed by atoms with Crippen molar-refractivity contribution in [2.24, 2.45) is 0 Å². The highest BCUT2D eigenvalue weighted by molar-refractivity contribution is 7.99. The molecule has 20 heavy (non-hydrogen) atoms. The van der Waals surface area contributed by atoms with E-state index in [1.807, 2.05) is 23.9 Å². The summed E-state index contributed by atoms with van der Waals surface area (Å²) in [6.07, 6.45) is 3.06. The first-order valence-electron chi connectivity index (χ1n) is 7.03. The minimum Gasteiger partial charge on any atom is -0.478 e. The van der Waals surface area contributed by atoms with Crippen LogP contribution in [0.4, 0.5) is 0 Å². The summed E-state index contributed by atoms with van der Waals surface area (Å²) in [4.78, 5) is 16.0. The Hall–Kier alpha value is -1.49. The average molecular weight is 290 g/mol. The summed E-state index contributed by atoms with van der Waals surface area (Å²) in [5.74, 6) is 2.40. The zero-order valence-corrected chi connectivity index (χ0v) is 12.3. The Bertz CT molecular complexity index is 645. The fourth-order valence-corrected chi connectivity index (χ4v) is 4.06. The van der Waals surface area contributed by atoms with Crippen molar-refractivity contribution in [3.05, 3.63) is 29.6 Å². The maximum absolute atomic E-state index is 11.4. The standard InChI is InChI=1S/C15H18N2O2S/c1-2-4-13-16-14-11(15(18)19)5-3-6-12(14)17(13)10-7-8-20-9-10/h3,5-6,10H,2,4,7-9H2,1H3,(H,18,19). The molecular formula is C15H18N2O2S. The predicted octanol–water partition coefficient (Wildman–Crippen LogP) is 3.37. The zero-order chi connectivity index (χ0) is 14.1. The number of aryl methyl sites for hydroxylation is 1. The van der Waals surface area contributed by atoms with Crippen molar-refractivity contribution in [1.29, 1.82) is 0 Å². The van der Waals surface area contributed by atoms with Gasteiger partial charge in [0.15, 0.2) is 0 Å². The summed E-state index contributed by atoms with van der Waals surface area (Å²) in [5, 5.41) is 9.32. The van der Waals surface area contributed by atoms with Crippen molar-refractivity contribution in [3.63, 3.8) is 0 Å². The number of hydrogen-bond donors (Lipinski definition) is 1. The van der Waals surface area contributed by atoms with Crippen LogP contribution in [0.25, 0.3) is 11.0 Å². The number of thioether (sulfide) groups is 1. The van der Waals surface area contributed by atoms with Crippen LogP contribution >= 0.6 is 11.8 Å². The minimum absolute atomic E-state index is 0.309. The summed E-state index contributed by atoms with van der Waals surface area (Å²) in [6, 6.07) is 5.91. The molecule has 5 heteroatoms. The van der Waals surface area contributed by atoms with Gasteiger partial charge in [-0.2, -0.15) is 11.8 Å². The van der Waals surface area contributed by atoms with Crippen molar-refractivity contribution in [2.45, 2.75) is 32.2 Å². The zero-order valence-electron chi connectivity index (χ0n) is 11.5. The number of carbonyl (C=O) groups is 1. The van der Waals surface area contributed by atoms with Crippen LogP contribution in [0.15, 0.2) is 18.2 Å². The van der Waals surface area contributed by atoms with Crippen LogP contribution < -0.4 is 0 Å². The monoisotopic (exact) mass is 290 g/mol. The van der Waals surface area contributed by atoms with Crippen LogP contribution in [0.3, 0.4) is 0 Å². The number of nitrogens with zero attached hydrogens (tertiary/aromatic N) is 2. The SMILES string of the molecule is CCCc1nc2c(C(=O)O)cccc2n1C1CCSC1. The lowest BCUT2D eigenvalue weighted by molar-refractivity contribution is 0.0699. The first-order valence-corrected chi connectivity index (χ1v) is 8.18. The molecule has 0 bridgehead atoms. The molecule has 1 atom stereocenters. The van der Waals surface area contributed by atoms with E-state index >= 15 is 0 Å². The van der Waals surface area contributed by atoms with Crippen LogP contribution in [0.1, 0.15) is 42.0 Å². The topological polar surface area (TPSA) is 55.1 Å². The second-order valence-electron chi connectivity index (χ2n) is 5.14. The predicted molar refractivity (Wildman–Crippen MR) is 81.7 cm³/mol. The summed E-state index contributed by atoms with van der Waals surface area (Å²) < 4.78 is 2.28. The molecule has 0 radical (unpaired) electrons. The maximum Gasteiger partial charge on any atom is 0.337 e. The van der Waals surface area contributed by atoms with Crippen molar-refractivity contribution >= 4 is 28.8 Å². The van der Waals surface area contributed by atoms with Gasteiger partial charge in [0.25, 0.3) is 0 Å². The molecule has 1 aromatic heterocycles. The highest BCUT2D eigenvalue weighted by Crippen LogP contribution is 2.33. The van der Waals surface area contributed by atoms with Crippen molar-refractivity contribution in [3.8, 4) is 0 Å². The average Bonchev–Trinajstić information content (AvgIpc) is 3.04. The summed E-state index contributed by atoms with van der Waals surface area (Å²) in [6.45, 7) is 2.13. The lowest BCUT2D eigenvalue weighted by atomic mass is 10.1. The van der Waals surface area contributed by atoms with E-state index in [1.165, 1.54) is 5.75 Å². The molecule has 0 amide bonds. The molecule has 1 fully saturated rings. The molecule has 1 saturated heterocycles. The van der Waals surface area contributed by atoms with E-state index in [2.05, 4.69) is 16.5 Å². The fourth-order valence-electron chi connectivity index (χ4n) is 2.87. The van der Waals surface area contributed by atoms with Gasteiger partial charge in [-0.25, -0.2) is 9.78 Å². The molecule has 2 aromatic rings. The molecule has 0 saturated carbocycles. The summed E-state index contributed by atoms with van der Waals surface area (Å²) >= 11 is 1.96. The Morgan fingerprint density at radius 1 is 1.55 bits per heavy atom. The van der Waals surface area contributed by atoms with Gasteiger partial charge in [-0.05, 0) is 30.7 Å². The number of carboxylic acid groups (broad SMARTS) is 1. The van der Waals surface area contributed by atoms with Crippen LogP contribution in [-0.4, -0.2) is 32.1 Å². The molecule has 2 heterocycles. The smallest absolute Gasteiger partial charge is 0.337 e. The van der Waals surface area contributed by atoms with Crippen molar-refractivity contribution in [1.82, 2.24) is 9.55 Å². The van der Waals surface area contributed by atoms with E-state index in [-0.39, 0.29) is 0 Å². The second kappa shape index (κ2) is 5.48. The fraction of sp³-hybridized carbons (Fsp3) is 0.467. The van der Waals surface area contributed by atoms with Gasteiger partial charge in [0, 0.05) is 18.2 Å². The van der Waals surface area contributed by atoms with Crippen LogP contribution in [0.5, 0.6) is 0 Å². The third kappa shape index (κ3) is 2.20. The van der Waals surface area contributed by atoms with Gasteiger partial charge in [0.2, 0.25) is 0 Å². The quantitative estimate of drug-likeness (QED) is 0.938. The Morgan fingerprint density at radius 3 is 3.05 bits per heavy atom. The molecule has 0 aliphatic carbocycles. The lowest BCUT2D eigenvalue weighted by Gasteiger charge is -2.15. The molecular weight excluding hydrogens is 272 g/mol. The normalized spacial score (nSPS) is 18.8. The van der Waals surface area contributed by atoms with Gasteiger partial charge < -0.3 is 9.67 Å². The molecule has 0 spiro atoms. The number of rotatable bonds is 4. The van der Waals surface area contributed by atoms with Gasteiger partial charge in [-0.15, -0.1) is 0 Å². The van der Waals surface area contributed by atoms with Crippen LogP contribution in [0, 0.1) is 0 Å². The van der Waals surface area contributed by atoms with Gasteiger partial charge in [-0.3, -0.25) is 0 Å². The number of benzene rings is 1. The molecule has 1 unspecified atom stereocenters. The van der Waals surface area contributed by atoms with Crippen molar-refractivity contribution < 1.29 is 9.90 Å². The van der Waals surface area contributed by atoms with E-state index in [4.69, 9.17) is 0 Å². The molecule has 106 valence electrons. The van der Waals surface area contributed by atoms with Crippen LogP contribution in [0.2, 0.25) is 0 Å². The highest BCUT2D eigenvalue weighted by atomic mass is 32.2. The van der Waals surface area contributed by atoms with Gasteiger partial charge >= 0.3 is 5.97 Å². The Labute approximate surface area is 122 Å². The third-order valence-electron chi connectivity index (χ3n) is 3.77. The number of hydrogen-bond acceptors (Lipinski definition) is 3. The van der Waals surface area contributed by atoms with Gasteiger partial charge in [-0.1, -0.05) is 13.0 Å². The third-order valence-corrected chi connectivity index (χ3v) is 4.91. The van der Waals surface area contributed by atoms with Gasteiger partial charge in [0.05, 0.1) is 11.1 Å². The van der Waals surface area contributed by atoms with Gasteiger partial charge in [0.1, 0.15) is 11.3 Å². The molecule has 3 rings (SSSR count). The number of para-hydroxylation sites is 1. The van der Waals surface area contributed by atoms with E-state index in [0.29, 0.717) is 17.1 Å². The number of aromatic nitrogens is 2. The Kier molecular flexibility index (Phi) is 3.70. The summed E-state index contributed by atoms with van der Waals surface area (Å²) in [5.41, 5.74) is 1.92. The first kappa shape index (κ1) is 13.5. The molecule has 4 nitrogen and oxygen atoms in total. The largest absolute Gasteiger partial charge is 0.478 e. The van der Waals surface area contributed by atoms with Crippen LogP contribution in [-0.2, 0) is 6.42 Å². The minimum atomic E-state index is -0.899. The summed E-state index contributed by atoms with van der Waals surface area (Å²) in [7, 11) is 0. The number of imidazole rings is 1. The maximum atomic E-state index is 11.4. The number of fused-ring (bicyclic) bond motifs is 1. The van der Waals surface area contributed by atoms with E-state index in [9.17, 15) is 9.90 Å².